The third-order valence-electron chi connectivity index (χ3n) is 6.18. The number of hydrazine groups is 1. The van der Waals surface area contributed by atoms with Gasteiger partial charge in [-0.1, -0.05) is 6.42 Å². The average Bonchev–Trinajstić information content (AvgIpc) is 2.81. The Morgan fingerprint density at radius 3 is 2.64 bits per heavy atom. The number of carbonyl (C=O) groups excluding carboxylic acids is 3. The number of amides is 1. The number of piperidine rings is 1. The fraction of sp³-hybridized carbons (Fsp3) is 0.818. The highest BCUT2D eigenvalue weighted by Crippen LogP contribution is 2.40. The van der Waals surface area contributed by atoms with Crippen LogP contribution >= 0.6 is 0 Å². The molecule has 5 unspecified atom stereocenters. The molecule has 2 fully saturated rings. The van der Waals surface area contributed by atoms with Crippen molar-refractivity contribution in [3.05, 3.63) is 0 Å². The van der Waals surface area contributed by atoms with E-state index in [1.165, 1.54) is 0 Å². The fourth-order valence-electron chi connectivity index (χ4n) is 4.40. The first kappa shape index (κ1) is 28.8. The van der Waals surface area contributed by atoms with E-state index >= 15 is 0 Å². The summed E-state index contributed by atoms with van der Waals surface area (Å²) in [5, 5.41) is 9.55. The summed E-state index contributed by atoms with van der Waals surface area (Å²) in [4.78, 5) is 34.5. The molecule has 0 aromatic rings. The second-order valence-corrected chi connectivity index (χ2v) is 8.67. The first-order chi connectivity index (χ1) is 15.8. The molecule has 2 aliphatic rings. The van der Waals surface area contributed by atoms with Gasteiger partial charge in [0.2, 0.25) is 5.91 Å². The molecule has 2 rings (SSSR count). The maximum absolute atomic E-state index is 12.5. The van der Waals surface area contributed by atoms with Crippen LogP contribution in [-0.4, -0.2) is 63.0 Å². The van der Waals surface area contributed by atoms with E-state index in [-0.39, 0.29) is 30.9 Å². The van der Waals surface area contributed by atoms with E-state index in [4.69, 9.17) is 16.3 Å². The minimum absolute atomic E-state index is 0.0336. The second-order valence-electron chi connectivity index (χ2n) is 8.67. The van der Waals surface area contributed by atoms with Gasteiger partial charge < -0.3 is 30.6 Å². The van der Waals surface area contributed by atoms with Gasteiger partial charge in [0.1, 0.15) is 24.3 Å². The van der Waals surface area contributed by atoms with Crippen molar-refractivity contribution in [2.75, 3.05) is 26.8 Å². The molecule has 190 valence electrons. The quantitative estimate of drug-likeness (QED) is 0.0706. The van der Waals surface area contributed by atoms with Crippen molar-refractivity contribution in [1.82, 2.24) is 16.2 Å². The van der Waals surface area contributed by atoms with Gasteiger partial charge in [0.25, 0.3) is 0 Å². The maximum atomic E-state index is 12.5. The van der Waals surface area contributed by atoms with Gasteiger partial charge in [-0.2, -0.15) is 5.10 Å². The minimum atomic E-state index is -0.536. The molecule has 1 amide bonds. The lowest BCUT2D eigenvalue weighted by atomic mass is 9.69. The molecule has 1 aliphatic carbocycles. The van der Waals surface area contributed by atoms with Crippen LogP contribution in [0, 0.1) is 17.8 Å². The Hall–Kier alpha value is -2.24. The Morgan fingerprint density at radius 2 is 2.00 bits per heavy atom. The molecule has 1 heterocycles. The van der Waals surface area contributed by atoms with Crippen molar-refractivity contribution in [2.24, 2.45) is 34.4 Å². The number of nitrogens with two attached hydrogens (primary N) is 2. The van der Waals surface area contributed by atoms with Crippen molar-refractivity contribution >= 4 is 24.0 Å². The molecule has 0 aromatic heterocycles. The minimum Gasteiger partial charge on any atom is -0.461 e. The molecule has 1 aliphatic heterocycles. The van der Waals surface area contributed by atoms with E-state index in [0.29, 0.717) is 36.3 Å². The Labute approximate surface area is 196 Å². The number of nitrogens with zero attached hydrogens (tertiary/aromatic N) is 1. The van der Waals surface area contributed by atoms with Crippen molar-refractivity contribution < 1.29 is 23.9 Å². The van der Waals surface area contributed by atoms with Crippen LogP contribution < -0.4 is 27.7 Å². The number of hydrazone groups is 1. The number of fused-ring (bicyclic) bond motifs is 1. The number of ether oxygens (including phenoxy) is 2. The van der Waals surface area contributed by atoms with Crippen LogP contribution in [0.15, 0.2) is 5.10 Å². The van der Waals surface area contributed by atoms with E-state index in [9.17, 15) is 14.4 Å². The summed E-state index contributed by atoms with van der Waals surface area (Å²) in [6.45, 7) is 5.24. The van der Waals surface area contributed by atoms with Crippen molar-refractivity contribution in [2.45, 2.75) is 70.9 Å². The zero-order valence-electron chi connectivity index (χ0n) is 20.2. The third-order valence-corrected chi connectivity index (χ3v) is 6.18. The molecule has 0 bridgehead atoms. The maximum Gasteiger partial charge on any atom is 0.323 e. The Kier molecular flexibility index (Phi) is 14.3. The second kappa shape index (κ2) is 16.4. The van der Waals surface area contributed by atoms with Crippen molar-refractivity contribution in [3.63, 3.8) is 0 Å². The van der Waals surface area contributed by atoms with Crippen LogP contribution in [0.1, 0.15) is 58.8 Å². The number of hydrogen-bond donors (Lipinski definition) is 5. The van der Waals surface area contributed by atoms with Gasteiger partial charge in [-0.15, -0.1) is 0 Å². The molecule has 7 N–H and O–H groups in total. The van der Waals surface area contributed by atoms with Gasteiger partial charge in [-0.25, -0.2) is 11.4 Å². The summed E-state index contributed by atoms with van der Waals surface area (Å²) < 4.78 is 9.99. The summed E-state index contributed by atoms with van der Waals surface area (Å²) in [5.74, 6) is 6.66. The Balaban J connectivity index is 0.00000125. The molecular formula is C22H42N6O5. The summed E-state index contributed by atoms with van der Waals surface area (Å²) in [6.07, 6.45) is 5.92. The van der Waals surface area contributed by atoms with Crippen LogP contribution in [0.4, 0.5) is 0 Å². The van der Waals surface area contributed by atoms with E-state index < -0.39 is 6.10 Å². The highest BCUT2D eigenvalue weighted by molar-refractivity contribution is 5.80. The number of esters is 1. The topological polar surface area (TPSA) is 170 Å². The number of methoxy groups -OCH3 is 1. The standard InChI is InChI=1S/C19H34N6O4.C3H8O/c1-12(8-18(27)22-6-7-26)29-19(28)16-10-15-9-13(2-4-14(15)11-23-16)3-5-17(20)24-25-21;1-3-4-2/h7,12-16,23,25H,2-6,8-11,21H2,1H3,(H2,20,24)(H,22,27);3H2,1-2H3. The van der Waals surface area contributed by atoms with Gasteiger partial charge in [0.15, 0.2) is 0 Å². The van der Waals surface area contributed by atoms with Crippen molar-refractivity contribution in [1.29, 1.82) is 0 Å². The highest BCUT2D eigenvalue weighted by atomic mass is 16.5. The normalized spacial score (nSPS) is 25.5. The SMILES string of the molecule is CC(CC(=O)NCC=O)OC(=O)C1CC2CC(CC/C(N)=N/NN)CCC2CN1.CCOC. The van der Waals surface area contributed by atoms with Crippen LogP contribution in [0.5, 0.6) is 0 Å². The fourth-order valence-corrected chi connectivity index (χ4v) is 4.40. The zero-order valence-corrected chi connectivity index (χ0v) is 20.2. The van der Waals surface area contributed by atoms with E-state index in [2.05, 4.69) is 26.0 Å². The third kappa shape index (κ3) is 11.4. The van der Waals surface area contributed by atoms with E-state index in [1.54, 1.807) is 14.0 Å². The van der Waals surface area contributed by atoms with Gasteiger partial charge >= 0.3 is 5.97 Å². The first-order valence-electron chi connectivity index (χ1n) is 11.7. The number of rotatable bonds is 11. The molecule has 11 heteroatoms. The lowest BCUT2D eigenvalue weighted by molar-refractivity contribution is -0.153. The number of amidine groups is 1. The summed E-state index contributed by atoms with van der Waals surface area (Å²) in [7, 11) is 1.68. The monoisotopic (exact) mass is 470 g/mol. The van der Waals surface area contributed by atoms with E-state index in [1.807, 2.05) is 6.92 Å². The van der Waals surface area contributed by atoms with Crippen LogP contribution in [0.3, 0.4) is 0 Å². The predicted molar refractivity (Wildman–Crippen MR) is 126 cm³/mol. The molecule has 1 saturated heterocycles. The lowest BCUT2D eigenvalue weighted by Crippen LogP contribution is -2.50. The Morgan fingerprint density at radius 1 is 1.27 bits per heavy atom. The molecule has 0 spiro atoms. The average molecular weight is 471 g/mol. The molecule has 0 radical (unpaired) electrons. The molecule has 5 atom stereocenters. The number of nitrogens with one attached hydrogen (secondary N) is 3. The predicted octanol–water partition coefficient (Wildman–Crippen LogP) is 0.186. The van der Waals surface area contributed by atoms with Crippen LogP contribution in [-0.2, 0) is 23.9 Å². The van der Waals surface area contributed by atoms with Crippen LogP contribution in [0.25, 0.3) is 0 Å². The summed E-state index contributed by atoms with van der Waals surface area (Å²) >= 11 is 0. The van der Waals surface area contributed by atoms with Crippen LogP contribution in [0.2, 0.25) is 0 Å². The number of carbonyl (C=O) groups is 3. The first-order valence-corrected chi connectivity index (χ1v) is 11.7. The highest BCUT2D eigenvalue weighted by Gasteiger charge is 2.38. The van der Waals surface area contributed by atoms with Gasteiger partial charge in [-0.05, 0) is 63.8 Å². The van der Waals surface area contributed by atoms with Crippen molar-refractivity contribution in [3.8, 4) is 0 Å². The van der Waals surface area contributed by atoms with E-state index in [0.717, 1.165) is 45.3 Å². The molecular weight excluding hydrogens is 428 g/mol. The summed E-state index contributed by atoms with van der Waals surface area (Å²) in [6, 6.07) is -0.344. The molecule has 0 aromatic carbocycles. The Bertz CT molecular complexity index is 630. The molecule has 11 nitrogen and oxygen atoms in total. The van der Waals surface area contributed by atoms with Gasteiger partial charge in [0.05, 0.1) is 13.0 Å². The smallest absolute Gasteiger partial charge is 0.323 e. The number of aldehydes is 1. The molecule has 33 heavy (non-hydrogen) atoms. The van der Waals surface area contributed by atoms with Gasteiger partial charge in [0, 0.05) is 20.1 Å². The lowest BCUT2D eigenvalue weighted by Gasteiger charge is -2.42. The molecule has 1 saturated carbocycles. The largest absolute Gasteiger partial charge is 0.461 e. The van der Waals surface area contributed by atoms with Gasteiger partial charge in [-0.3, -0.25) is 9.59 Å². The zero-order chi connectivity index (χ0) is 24.6. The summed E-state index contributed by atoms with van der Waals surface area (Å²) in [5.41, 5.74) is 8.01. The number of hydrogen-bond acceptors (Lipinski definition) is 9.